The second-order valence-electron chi connectivity index (χ2n) is 4.51. The summed E-state index contributed by atoms with van der Waals surface area (Å²) >= 11 is 5.62. The minimum atomic E-state index is -0.524. The predicted molar refractivity (Wildman–Crippen MR) is 87.1 cm³/mol. The topological polar surface area (TPSA) is 57.9 Å². The monoisotopic (exact) mass is 336 g/mol. The minimum absolute atomic E-state index is 0.139. The maximum atomic E-state index is 11.3. The third-order valence-electron chi connectivity index (χ3n) is 3.01. The van der Waals surface area contributed by atoms with Crippen LogP contribution in [0.2, 0.25) is 0 Å². The maximum Gasteiger partial charge on any atom is 0.373 e. The summed E-state index contributed by atoms with van der Waals surface area (Å²) in [7, 11) is 2.87. The Morgan fingerprint density at radius 2 is 2.04 bits per heavy atom. The predicted octanol–water partition coefficient (Wildman–Crippen LogP) is 3.91. The lowest BCUT2D eigenvalue weighted by molar-refractivity contribution is 0.0561. The summed E-state index contributed by atoms with van der Waals surface area (Å²) in [6.45, 7) is 0.171. The summed E-state index contributed by atoms with van der Waals surface area (Å²) in [6, 6.07) is 8.75. The second-order valence-corrected chi connectivity index (χ2v) is 4.82. The van der Waals surface area contributed by atoms with E-state index < -0.39 is 5.97 Å². The van der Waals surface area contributed by atoms with Gasteiger partial charge in [0.2, 0.25) is 5.76 Å². The van der Waals surface area contributed by atoms with E-state index in [9.17, 15) is 4.79 Å². The molecule has 0 saturated heterocycles. The summed E-state index contributed by atoms with van der Waals surface area (Å²) in [5.74, 6) is 1.75. The summed E-state index contributed by atoms with van der Waals surface area (Å²) in [4.78, 5) is 11.3. The molecule has 0 fully saturated rings. The third kappa shape index (κ3) is 4.53. The van der Waals surface area contributed by atoms with Crippen LogP contribution in [0.25, 0.3) is 6.08 Å². The van der Waals surface area contributed by atoms with Crippen LogP contribution in [0.4, 0.5) is 0 Å². The molecule has 0 unspecified atom stereocenters. The number of halogens is 1. The molecule has 1 aromatic carbocycles. The molecule has 0 spiro atoms. The highest BCUT2D eigenvalue weighted by atomic mass is 35.5. The fraction of sp³-hybridized carbons (Fsp3) is 0.235. The molecule has 6 heteroatoms. The highest BCUT2D eigenvalue weighted by Gasteiger charge is 2.12. The van der Waals surface area contributed by atoms with Crippen LogP contribution in [0, 0.1) is 0 Å². The molecule has 1 heterocycles. The minimum Gasteiger partial charge on any atom is -0.493 e. The summed E-state index contributed by atoms with van der Waals surface area (Å²) in [5.41, 5.74) is 0.959. The van der Waals surface area contributed by atoms with E-state index in [1.165, 1.54) is 7.11 Å². The van der Waals surface area contributed by atoms with Crippen LogP contribution >= 0.6 is 11.6 Å². The van der Waals surface area contributed by atoms with Crippen molar-refractivity contribution >= 4 is 23.6 Å². The molecule has 0 aliphatic carbocycles. The van der Waals surface area contributed by atoms with Crippen molar-refractivity contribution in [2.75, 3.05) is 20.1 Å². The van der Waals surface area contributed by atoms with E-state index in [-0.39, 0.29) is 12.4 Å². The number of carbonyl (C=O) groups excluding carboxylic acids is 1. The van der Waals surface area contributed by atoms with E-state index in [0.717, 1.165) is 5.56 Å². The van der Waals surface area contributed by atoms with Crippen LogP contribution in [-0.2, 0) is 11.3 Å². The lowest BCUT2D eigenvalue weighted by Crippen LogP contribution is -1.99. The van der Waals surface area contributed by atoms with E-state index >= 15 is 0 Å². The molecule has 0 saturated carbocycles. The number of allylic oxidation sites excluding steroid dienone is 1. The van der Waals surface area contributed by atoms with Crippen LogP contribution in [-0.4, -0.2) is 26.1 Å². The van der Waals surface area contributed by atoms with Gasteiger partial charge in [-0.1, -0.05) is 18.2 Å². The molecule has 1 aromatic heterocycles. The summed E-state index contributed by atoms with van der Waals surface area (Å²) < 4.78 is 20.9. The average molecular weight is 337 g/mol. The number of methoxy groups -OCH3 is 2. The van der Waals surface area contributed by atoms with Gasteiger partial charge in [0.15, 0.2) is 11.5 Å². The van der Waals surface area contributed by atoms with Gasteiger partial charge in [0.1, 0.15) is 12.4 Å². The number of furan rings is 1. The third-order valence-corrected chi connectivity index (χ3v) is 3.18. The van der Waals surface area contributed by atoms with Crippen LogP contribution in [0.5, 0.6) is 11.5 Å². The van der Waals surface area contributed by atoms with E-state index in [0.29, 0.717) is 23.1 Å². The first kappa shape index (κ1) is 17.0. The van der Waals surface area contributed by atoms with Crippen molar-refractivity contribution in [3.63, 3.8) is 0 Å². The molecule has 0 bridgehead atoms. The number of rotatable bonds is 7. The standard InChI is InChI=1S/C17H17ClO5/c1-20-16-10-12(4-3-9-18)5-7-14(16)22-11-13-6-8-15(23-13)17(19)21-2/h3-8,10H,9,11H2,1-2H3. The molecule has 5 nitrogen and oxygen atoms in total. The highest BCUT2D eigenvalue weighted by Crippen LogP contribution is 2.29. The van der Waals surface area contributed by atoms with Crippen LogP contribution in [0.3, 0.4) is 0 Å². The van der Waals surface area contributed by atoms with E-state index in [2.05, 4.69) is 4.74 Å². The number of esters is 1. The van der Waals surface area contributed by atoms with Gasteiger partial charge in [0, 0.05) is 5.88 Å². The van der Waals surface area contributed by atoms with Crippen molar-refractivity contribution < 1.29 is 23.4 Å². The molecule has 122 valence electrons. The molecule has 0 amide bonds. The quantitative estimate of drug-likeness (QED) is 0.567. The second kappa shape index (κ2) is 8.29. The molecule has 0 aliphatic rings. The Morgan fingerprint density at radius 1 is 1.22 bits per heavy atom. The first-order chi connectivity index (χ1) is 11.2. The molecule has 2 rings (SSSR count). The first-order valence-electron chi connectivity index (χ1n) is 6.88. The molecule has 0 N–H and O–H groups in total. The number of hydrogen-bond donors (Lipinski definition) is 0. The molecular weight excluding hydrogens is 320 g/mol. The number of hydrogen-bond acceptors (Lipinski definition) is 5. The van der Waals surface area contributed by atoms with Gasteiger partial charge in [-0.3, -0.25) is 0 Å². The van der Waals surface area contributed by atoms with Gasteiger partial charge >= 0.3 is 5.97 Å². The number of carbonyl (C=O) groups is 1. The summed E-state index contributed by atoms with van der Waals surface area (Å²) in [6.07, 6.45) is 3.74. The van der Waals surface area contributed by atoms with Gasteiger partial charge in [-0.25, -0.2) is 4.79 Å². The number of ether oxygens (including phenoxy) is 3. The van der Waals surface area contributed by atoms with Crippen molar-refractivity contribution in [2.45, 2.75) is 6.61 Å². The van der Waals surface area contributed by atoms with Crippen LogP contribution in [0.1, 0.15) is 21.9 Å². The molecule has 0 atom stereocenters. The van der Waals surface area contributed by atoms with E-state index in [1.807, 2.05) is 24.3 Å². The Labute approximate surface area is 139 Å². The zero-order valence-corrected chi connectivity index (χ0v) is 13.6. The SMILES string of the molecule is COC(=O)c1ccc(COc2ccc(C=CCCl)cc2OC)o1. The largest absolute Gasteiger partial charge is 0.493 e. The molecular formula is C17H17ClO5. The van der Waals surface area contributed by atoms with Crippen molar-refractivity contribution in [2.24, 2.45) is 0 Å². The maximum absolute atomic E-state index is 11.3. The number of benzene rings is 1. The average Bonchev–Trinajstić information content (AvgIpc) is 3.06. The lowest BCUT2D eigenvalue weighted by Gasteiger charge is -2.10. The zero-order valence-electron chi connectivity index (χ0n) is 12.9. The van der Waals surface area contributed by atoms with Crippen molar-refractivity contribution in [3.05, 3.63) is 53.5 Å². The van der Waals surface area contributed by atoms with Crippen molar-refractivity contribution in [1.82, 2.24) is 0 Å². The van der Waals surface area contributed by atoms with Crippen molar-refractivity contribution in [3.8, 4) is 11.5 Å². The fourth-order valence-corrected chi connectivity index (χ4v) is 1.99. The molecule has 0 radical (unpaired) electrons. The highest BCUT2D eigenvalue weighted by molar-refractivity contribution is 6.19. The summed E-state index contributed by atoms with van der Waals surface area (Å²) in [5, 5.41) is 0. The van der Waals surface area contributed by atoms with E-state index in [4.69, 9.17) is 25.5 Å². The Hall–Kier alpha value is -2.40. The van der Waals surface area contributed by atoms with Gasteiger partial charge in [0.05, 0.1) is 14.2 Å². The van der Waals surface area contributed by atoms with Gasteiger partial charge in [-0.2, -0.15) is 0 Å². The van der Waals surface area contributed by atoms with Gasteiger partial charge in [-0.05, 0) is 29.8 Å². The normalized spacial score (nSPS) is 10.7. The Morgan fingerprint density at radius 3 is 2.74 bits per heavy atom. The Bertz CT molecular complexity index is 690. The molecule has 0 aliphatic heterocycles. The zero-order chi connectivity index (χ0) is 16.7. The van der Waals surface area contributed by atoms with Crippen LogP contribution < -0.4 is 9.47 Å². The van der Waals surface area contributed by atoms with E-state index in [1.54, 1.807) is 25.3 Å². The Balaban J connectivity index is 2.06. The fourth-order valence-electron chi connectivity index (χ4n) is 1.90. The van der Waals surface area contributed by atoms with Gasteiger partial charge in [-0.15, -0.1) is 11.6 Å². The Kier molecular flexibility index (Phi) is 6.11. The first-order valence-corrected chi connectivity index (χ1v) is 7.41. The molecule has 23 heavy (non-hydrogen) atoms. The van der Waals surface area contributed by atoms with Crippen LogP contribution in [0.15, 0.2) is 40.8 Å². The van der Waals surface area contributed by atoms with Crippen molar-refractivity contribution in [1.29, 1.82) is 0 Å². The number of alkyl halides is 1. The molecule has 2 aromatic rings. The van der Waals surface area contributed by atoms with Gasteiger partial charge in [0.25, 0.3) is 0 Å². The lowest BCUT2D eigenvalue weighted by atomic mass is 10.2. The van der Waals surface area contributed by atoms with Gasteiger partial charge < -0.3 is 18.6 Å². The smallest absolute Gasteiger partial charge is 0.373 e.